The minimum Gasteiger partial charge on any atom is -0.379 e. The Hall–Kier alpha value is -2.67. The summed E-state index contributed by atoms with van der Waals surface area (Å²) < 4.78 is 30.3. The first-order chi connectivity index (χ1) is 12.9. The van der Waals surface area contributed by atoms with Gasteiger partial charge in [-0.15, -0.1) is 0 Å². The first-order valence-electron chi connectivity index (χ1n) is 8.98. The summed E-state index contributed by atoms with van der Waals surface area (Å²) in [6.07, 6.45) is 6.06. The van der Waals surface area contributed by atoms with Crippen LogP contribution in [0, 0.1) is 0 Å². The maximum atomic E-state index is 12.5. The van der Waals surface area contributed by atoms with Crippen LogP contribution >= 0.6 is 0 Å². The summed E-state index contributed by atoms with van der Waals surface area (Å²) in [7, 11) is -4.10. The monoisotopic (exact) mass is 385 g/mol. The molecule has 4 rings (SSSR count). The Morgan fingerprint density at radius 1 is 0.852 bits per heavy atom. The second-order valence-electron chi connectivity index (χ2n) is 6.93. The first-order valence-corrected chi connectivity index (χ1v) is 10.4. The average Bonchev–Trinajstić information content (AvgIpc) is 2.96. The number of nitrogens with one attached hydrogen (secondary N) is 1. The summed E-state index contributed by atoms with van der Waals surface area (Å²) in [5.41, 5.74) is 1.40. The summed E-state index contributed by atoms with van der Waals surface area (Å²) in [6.45, 7) is 0. The van der Waals surface area contributed by atoms with Crippen molar-refractivity contribution in [2.24, 2.45) is 0 Å². The molecule has 27 heavy (non-hydrogen) atoms. The van der Waals surface area contributed by atoms with Gasteiger partial charge in [0.05, 0.1) is 11.1 Å². The molecule has 0 atom stereocenters. The minimum absolute atomic E-state index is 0.0392. The molecule has 1 aliphatic carbocycles. The van der Waals surface area contributed by atoms with Crippen LogP contribution in [0.25, 0.3) is 0 Å². The third-order valence-electron chi connectivity index (χ3n) is 5.16. The first kappa shape index (κ1) is 17.7. The zero-order valence-electron chi connectivity index (χ0n) is 14.6. The van der Waals surface area contributed by atoms with Crippen LogP contribution < -0.4 is 9.50 Å². The van der Waals surface area contributed by atoms with Crippen LogP contribution in [0.3, 0.4) is 0 Å². The molecular weight excluding hydrogens is 366 g/mol. The second-order valence-corrected chi connectivity index (χ2v) is 8.48. The van der Waals surface area contributed by atoms with Gasteiger partial charge in [-0.3, -0.25) is 14.9 Å². The van der Waals surface area contributed by atoms with E-state index in [-0.39, 0.29) is 21.8 Å². The molecule has 2 amide bonds. The van der Waals surface area contributed by atoms with Crippen LogP contribution in [0.15, 0.2) is 47.4 Å². The van der Waals surface area contributed by atoms with Crippen LogP contribution in [0.1, 0.15) is 64.3 Å². The van der Waals surface area contributed by atoms with Crippen LogP contribution in [-0.2, 0) is 10.1 Å². The summed E-state index contributed by atoms with van der Waals surface area (Å²) in [5, 5.41) is 2.13. The SMILES string of the molecule is O=C1NC(=O)c2cc(S(=O)(=O)Oc3ccc(C4CCCCC4)cc3)ccc21. The van der Waals surface area contributed by atoms with Gasteiger partial charge in [-0.05, 0) is 54.7 Å². The Morgan fingerprint density at radius 2 is 1.52 bits per heavy atom. The molecule has 0 unspecified atom stereocenters. The van der Waals surface area contributed by atoms with Gasteiger partial charge in [0.15, 0.2) is 0 Å². The predicted octanol–water partition coefficient (Wildman–Crippen LogP) is 3.39. The van der Waals surface area contributed by atoms with E-state index >= 15 is 0 Å². The van der Waals surface area contributed by atoms with Gasteiger partial charge < -0.3 is 4.18 Å². The summed E-state index contributed by atoms with van der Waals surface area (Å²) in [6, 6.07) is 10.9. The summed E-state index contributed by atoms with van der Waals surface area (Å²) >= 11 is 0. The predicted molar refractivity (Wildman–Crippen MR) is 98.3 cm³/mol. The molecule has 0 bridgehead atoms. The number of fused-ring (bicyclic) bond motifs is 1. The van der Waals surface area contributed by atoms with E-state index in [9.17, 15) is 18.0 Å². The van der Waals surface area contributed by atoms with Crippen molar-refractivity contribution in [3.63, 3.8) is 0 Å². The van der Waals surface area contributed by atoms with E-state index in [1.54, 1.807) is 12.1 Å². The molecule has 0 spiro atoms. The van der Waals surface area contributed by atoms with Crippen molar-refractivity contribution in [1.82, 2.24) is 5.32 Å². The molecule has 140 valence electrons. The van der Waals surface area contributed by atoms with E-state index in [1.807, 2.05) is 12.1 Å². The quantitative estimate of drug-likeness (QED) is 0.644. The van der Waals surface area contributed by atoms with Crippen molar-refractivity contribution in [2.45, 2.75) is 42.9 Å². The lowest BCUT2D eigenvalue weighted by Crippen LogP contribution is -2.19. The molecule has 2 aromatic rings. The number of carbonyl (C=O) groups is 2. The van der Waals surface area contributed by atoms with Gasteiger partial charge in [0.1, 0.15) is 10.6 Å². The Morgan fingerprint density at radius 3 is 2.22 bits per heavy atom. The van der Waals surface area contributed by atoms with Crippen molar-refractivity contribution in [3.05, 3.63) is 59.2 Å². The molecule has 2 aliphatic rings. The van der Waals surface area contributed by atoms with E-state index in [4.69, 9.17) is 4.18 Å². The van der Waals surface area contributed by atoms with Gasteiger partial charge >= 0.3 is 10.1 Å². The smallest absolute Gasteiger partial charge is 0.339 e. The lowest BCUT2D eigenvalue weighted by Gasteiger charge is -2.22. The molecule has 0 radical (unpaired) electrons. The topological polar surface area (TPSA) is 89.5 Å². The molecular formula is C20H19NO5S. The fourth-order valence-corrected chi connectivity index (χ4v) is 4.67. The molecule has 7 heteroatoms. The Bertz CT molecular complexity index is 1010. The van der Waals surface area contributed by atoms with Crippen molar-refractivity contribution >= 4 is 21.9 Å². The highest BCUT2D eigenvalue weighted by Crippen LogP contribution is 2.33. The zero-order chi connectivity index (χ0) is 19.0. The van der Waals surface area contributed by atoms with Crippen LogP contribution in [0.2, 0.25) is 0 Å². The van der Waals surface area contributed by atoms with Gasteiger partial charge in [0, 0.05) is 0 Å². The fraction of sp³-hybridized carbons (Fsp3) is 0.300. The van der Waals surface area contributed by atoms with E-state index in [2.05, 4.69) is 5.32 Å². The van der Waals surface area contributed by atoms with Gasteiger partial charge in [0.25, 0.3) is 11.8 Å². The largest absolute Gasteiger partial charge is 0.379 e. The summed E-state index contributed by atoms with van der Waals surface area (Å²) in [4.78, 5) is 23.1. The Labute approximate surface area is 157 Å². The van der Waals surface area contributed by atoms with E-state index in [1.165, 1.54) is 43.0 Å². The summed E-state index contributed by atoms with van der Waals surface area (Å²) in [5.74, 6) is -0.394. The third kappa shape index (κ3) is 3.47. The third-order valence-corrected chi connectivity index (χ3v) is 6.40. The highest BCUT2D eigenvalue weighted by atomic mass is 32.2. The second kappa shape index (κ2) is 6.81. The van der Waals surface area contributed by atoms with Gasteiger partial charge in [-0.2, -0.15) is 8.42 Å². The van der Waals surface area contributed by atoms with Crippen molar-refractivity contribution in [3.8, 4) is 5.75 Å². The van der Waals surface area contributed by atoms with E-state index < -0.39 is 21.9 Å². The van der Waals surface area contributed by atoms with Gasteiger partial charge in [0.2, 0.25) is 0 Å². The van der Waals surface area contributed by atoms with Crippen LogP contribution in [-0.4, -0.2) is 20.2 Å². The molecule has 1 N–H and O–H groups in total. The maximum Gasteiger partial charge on any atom is 0.339 e. The average molecular weight is 385 g/mol. The molecule has 0 saturated heterocycles. The molecule has 2 aromatic carbocycles. The van der Waals surface area contributed by atoms with Gasteiger partial charge in [-0.1, -0.05) is 31.4 Å². The molecule has 6 nitrogen and oxygen atoms in total. The molecule has 0 aromatic heterocycles. The number of imide groups is 1. The molecule has 1 fully saturated rings. The highest BCUT2D eigenvalue weighted by molar-refractivity contribution is 7.87. The number of rotatable bonds is 4. The standard InChI is InChI=1S/C20H19NO5S/c22-19-17-11-10-16(12-18(17)20(23)21-19)27(24,25)26-15-8-6-14(7-9-15)13-4-2-1-3-5-13/h6-13H,1-5H2,(H,21,22,23). The minimum atomic E-state index is -4.10. The number of hydrogen-bond acceptors (Lipinski definition) is 5. The number of carbonyl (C=O) groups excluding carboxylic acids is 2. The molecule has 1 heterocycles. The number of amides is 2. The van der Waals surface area contributed by atoms with Crippen LogP contribution in [0.4, 0.5) is 0 Å². The van der Waals surface area contributed by atoms with Gasteiger partial charge in [-0.25, -0.2) is 0 Å². The van der Waals surface area contributed by atoms with Crippen LogP contribution in [0.5, 0.6) is 5.75 Å². The highest BCUT2D eigenvalue weighted by Gasteiger charge is 2.29. The van der Waals surface area contributed by atoms with Crippen molar-refractivity contribution in [2.75, 3.05) is 0 Å². The lowest BCUT2D eigenvalue weighted by molar-refractivity contribution is 0.0879. The number of benzene rings is 2. The molecule has 1 aliphatic heterocycles. The zero-order valence-corrected chi connectivity index (χ0v) is 15.4. The number of hydrogen-bond donors (Lipinski definition) is 1. The van der Waals surface area contributed by atoms with Crippen molar-refractivity contribution in [1.29, 1.82) is 0 Å². The van der Waals surface area contributed by atoms with E-state index in [0.29, 0.717) is 5.92 Å². The normalized spacial score (nSPS) is 17.5. The fourth-order valence-electron chi connectivity index (χ4n) is 3.71. The Kier molecular flexibility index (Phi) is 4.47. The van der Waals surface area contributed by atoms with Crippen molar-refractivity contribution < 1.29 is 22.2 Å². The lowest BCUT2D eigenvalue weighted by atomic mass is 9.84. The molecule has 1 saturated carbocycles. The Balaban J connectivity index is 1.54. The van der Waals surface area contributed by atoms with E-state index in [0.717, 1.165) is 12.8 Å². The maximum absolute atomic E-state index is 12.5.